The summed E-state index contributed by atoms with van der Waals surface area (Å²) >= 11 is 0. The van der Waals surface area contributed by atoms with E-state index in [0.29, 0.717) is 24.8 Å². The molecule has 1 aromatic heterocycles. The van der Waals surface area contributed by atoms with E-state index in [0.717, 1.165) is 6.26 Å². The van der Waals surface area contributed by atoms with Crippen molar-refractivity contribution in [2.75, 3.05) is 20.4 Å². The van der Waals surface area contributed by atoms with E-state index in [1.54, 1.807) is 19.0 Å². The van der Waals surface area contributed by atoms with E-state index in [1.165, 1.54) is 12.4 Å². The zero-order chi connectivity index (χ0) is 15.2. The number of nitrogens with zero attached hydrogens (tertiary/aromatic N) is 3. The first-order valence-electron chi connectivity index (χ1n) is 6.02. The molecule has 6 nitrogen and oxygen atoms in total. The lowest BCUT2D eigenvalue weighted by Gasteiger charge is -2.08. The Labute approximate surface area is 119 Å². The molecular weight excluding hydrogens is 278 g/mol. The maximum absolute atomic E-state index is 11.3. The molecule has 0 atom stereocenters. The lowest BCUT2D eigenvalue weighted by atomic mass is 10.2. The average molecular weight is 295 g/mol. The van der Waals surface area contributed by atoms with Crippen molar-refractivity contribution < 1.29 is 13.2 Å². The third-order valence-corrected chi connectivity index (χ3v) is 3.26. The van der Waals surface area contributed by atoms with E-state index in [9.17, 15) is 13.2 Å². The van der Waals surface area contributed by atoms with Crippen LogP contribution in [0, 0.1) is 11.8 Å². The molecule has 0 saturated heterocycles. The minimum Gasteiger partial charge on any atom is -0.349 e. The number of aromatic nitrogens is 2. The summed E-state index contributed by atoms with van der Waals surface area (Å²) in [6, 6.07) is 0. The van der Waals surface area contributed by atoms with Gasteiger partial charge in [-0.05, 0) is 6.42 Å². The number of hydrogen-bond acceptors (Lipinski definition) is 5. The zero-order valence-corrected chi connectivity index (χ0v) is 12.6. The van der Waals surface area contributed by atoms with Gasteiger partial charge in [-0.3, -0.25) is 4.79 Å². The first-order valence-corrected chi connectivity index (χ1v) is 7.91. The van der Waals surface area contributed by atoms with Gasteiger partial charge in [0, 0.05) is 45.6 Å². The van der Waals surface area contributed by atoms with Crippen LogP contribution in [0.5, 0.6) is 0 Å². The van der Waals surface area contributed by atoms with Crippen LogP contribution >= 0.6 is 0 Å². The quantitative estimate of drug-likeness (QED) is 0.459. The van der Waals surface area contributed by atoms with Crippen LogP contribution in [-0.4, -0.2) is 49.5 Å². The Morgan fingerprint density at radius 3 is 2.40 bits per heavy atom. The van der Waals surface area contributed by atoms with Gasteiger partial charge in [-0.1, -0.05) is 11.8 Å². The normalized spacial score (nSPS) is 10.6. The second kappa shape index (κ2) is 7.01. The summed E-state index contributed by atoms with van der Waals surface area (Å²) in [5.74, 6) is 5.81. The molecule has 108 valence electrons. The van der Waals surface area contributed by atoms with Crippen molar-refractivity contribution in [3.63, 3.8) is 0 Å². The van der Waals surface area contributed by atoms with Crippen LogP contribution in [0.4, 0.5) is 0 Å². The molecule has 0 bridgehead atoms. The maximum Gasteiger partial charge on any atom is 0.246 e. The summed E-state index contributed by atoms with van der Waals surface area (Å²) in [5.41, 5.74) is 0.552. The second-order valence-corrected chi connectivity index (χ2v) is 6.38. The molecule has 1 aromatic rings. The molecule has 1 rings (SSSR count). The summed E-state index contributed by atoms with van der Waals surface area (Å²) in [7, 11) is 0.0550. The highest BCUT2D eigenvalue weighted by atomic mass is 32.2. The van der Waals surface area contributed by atoms with E-state index in [2.05, 4.69) is 21.8 Å². The van der Waals surface area contributed by atoms with Gasteiger partial charge >= 0.3 is 0 Å². The lowest BCUT2D eigenvalue weighted by molar-refractivity contribution is -0.128. The molecule has 7 heteroatoms. The minimum absolute atomic E-state index is 0.0765. The largest absolute Gasteiger partial charge is 0.349 e. The number of rotatable bonds is 4. The van der Waals surface area contributed by atoms with Gasteiger partial charge < -0.3 is 4.90 Å². The molecule has 0 radical (unpaired) electrons. The molecule has 0 unspecified atom stereocenters. The number of unbranched alkanes of at least 4 members (excludes halogenated alkanes) is 1. The third kappa shape index (κ3) is 5.36. The highest BCUT2D eigenvalue weighted by molar-refractivity contribution is 7.90. The highest BCUT2D eigenvalue weighted by Crippen LogP contribution is 2.01. The van der Waals surface area contributed by atoms with Crippen molar-refractivity contribution in [1.82, 2.24) is 14.9 Å². The van der Waals surface area contributed by atoms with Crippen molar-refractivity contribution in [3.8, 4) is 11.8 Å². The van der Waals surface area contributed by atoms with Crippen molar-refractivity contribution in [3.05, 3.63) is 18.0 Å². The number of hydrogen-bond donors (Lipinski definition) is 0. The molecule has 0 aliphatic heterocycles. The molecule has 0 N–H and O–H groups in total. The van der Waals surface area contributed by atoms with E-state index in [-0.39, 0.29) is 11.1 Å². The fourth-order valence-electron chi connectivity index (χ4n) is 1.29. The average Bonchev–Trinajstić information content (AvgIpc) is 2.37. The van der Waals surface area contributed by atoms with Crippen LogP contribution in [0.2, 0.25) is 0 Å². The van der Waals surface area contributed by atoms with Gasteiger partial charge in [0.1, 0.15) is 0 Å². The molecule has 0 aromatic carbocycles. The zero-order valence-electron chi connectivity index (χ0n) is 11.8. The molecule has 0 saturated carbocycles. The summed E-state index contributed by atoms with van der Waals surface area (Å²) in [6.07, 6.45) is 5.54. The summed E-state index contributed by atoms with van der Waals surface area (Å²) in [4.78, 5) is 20.3. The topological polar surface area (TPSA) is 80.2 Å². The van der Waals surface area contributed by atoms with Crippen LogP contribution < -0.4 is 0 Å². The number of carbonyl (C=O) groups excluding carboxylic acids is 1. The van der Waals surface area contributed by atoms with Crippen molar-refractivity contribution in [2.45, 2.75) is 24.4 Å². The Hall–Kier alpha value is -1.94. The standard InChI is InChI=1S/C13H17N3O3S/c1-16(2)12(17)8-6-4-5-7-11-9-14-13(15-10-11)20(3,18)19/h9-10H,4,6,8H2,1-3H3. The van der Waals surface area contributed by atoms with Gasteiger partial charge in [-0.2, -0.15) is 0 Å². The smallest absolute Gasteiger partial charge is 0.246 e. The Morgan fingerprint density at radius 1 is 1.30 bits per heavy atom. The number of carbonyl (C=O) groups is 1. The fraction of sp³-hybridized carbons (Fsp3) is 0.462. The van der Waals surface area contributed by atoms with E-state index in [4.69, 9.17) is 0 Å². The second-order valence-electron chi connectivity index (χ2n) is 4.47. The molecule has 0 aliphatic carbocycles. The fourth-order valence-corrected chi connectivity index (χ4v) is 1.78. The number of sulfone groups is 1. The van der Waals surface area contributed by atoms with Gasteiger partial charge in [0.15, 0.2) is 0 Å². The molecule has 0 aliphatic rings. The van der Waals surface area contributed by atoms with Gasteiger partial charge in [-0.15, -0.1) is 0 Å². The molecule has 0 spiro atoms. The van der Waals surface area contributed by atoms with Gasteiger partial charge in [0.2, 0.25) is 20.9 Å². The van der Waals surface area contributed by atoms with Crippen LogP contribution in [0.3, 0.4) is 0 Å². The van der Waals surface area contributed by atoms with Crippen LogP contribution in [-0.2, 0) is 14.6 Å². The van der Waals surface area contributed by atoms with Crippen molar-refractivity contribution in [1.29, 1.82) is 0 Å². The SMILES string of the molecule is CN(C)C(=O)CCCC#Cc1cnc(S(C)(=O)=O)nc1. The predicted molar refractivity (Wildman–Crippen MR) is 74.6 cm³/mol. The Kier molecular flexibility index (Phi) is 5.65. The molecule has 1 heterocycles. The maximum atomic E-state index is 11.3. The Morgan fingerprint density at radius 2 is 1.90 bits per heavy atom. The number of amides is 1. The van der Waals surface area contributed by atoms with Crippen LogP contribution in [0.25, 0.3) is 0 Å². The van der Waals surface area contributed by atoms with Crippen molar-refractivity contribution in [2.24, 2.45) is 0 Å². The lowest BCUT2D eigenvalue weighted by Crippen LogP contribution is -2.20. The third-order valence-electron chi connectivity index (χ3n) is 2.38. The van der Waals surface area contributed by atoms with E-state index < -0.39 is 9.84 Å². The molecule has 20 heavy (non-hydrogen) atoms. The minimum atomic E-state index is -3.38. The summed E-state index contributed by atoms with van der Waals surface area (Å²) in [6.45, 7) is 0. The van der Waals surface area contributed by atoms with E-state index >= 15 is 0 Å². The van der Waals surface area contributed by atoms with Gasteiger partial charge in [0.05, 0.1) is 5.56 Å². The first-order chi connectivity index (χ1) is 9.30. The molecular formula is C13H17N3O3S. The monoisotopic (exact) mass is 295 g/mol. The van der Waals surface area contributed by atoms with Crippen LogP contribution in [0.1, 0.15) is 24.8 Å². The molecule has 0 fully saturated rings. The summed E-state index contributed by atoms with van der Waals surface area (Å²) < 4.78 is 22.3. The van der Waals surface area contributed by atoms with Crippen LogP contribution in [0.15, 0.2) is 17.6 Å². The Bertz CT molecular complexity index is 625. The highest BCUT2D eigenvalue weighted by Gasteiger charge is 2.09. The van der Waals surface area contributed by atoms with E-state index in [1.807, 2.05) is 0 Å². The van der Waals surface area contributed by atoms with Gasteiger partial charge in [-0.25, -0.2) is 18.4 Å². The molecule has 1 amide bonds. The van der Waals surface area contributed by atoms with Gasteiger partial charge in [0.25, 0.3) is 0 Å². The first kappa shape index (κ1) is 16.1. The summed E-state index contributed by atoms with van der Waals surface area (Å²) in [5, 5.41) is -0.209. The Balaban J connectivity index is 2.51. The van der Waals surface area contributed by atoms with Crippen molar-refractivity contribution >= 4 is 15.7 Å². The predicted octanol–water partition coefficient (Wildman–Crippen LogP) is 0.490.